The van der Waals surface area contributed by atoms with Gasteiger partial charge < -0.3 is 16.0 Å². The molecule has 0 saturated carbocycles. The largest absolute Gasteiger partial charge is 0.397 e. The molecule has 3 N–H and O–H groups in total. The molecule has 1 heterocycles. The van der Waals surface area contributed by atoms with Crippen LogP contribution in [0.2, 0.25) is 5.02 Å². The van der Waals surface area contributed by atoms with Crippen molar-refractivity contribution in [1.82, 2.24) is 10.2 Å². The molecule has 1 saturated heterocycles. The van der Waals surface area contributed by atoms with Crippen LogP contribution in [-0.4, -0.2) is 36.3 Å². The molecule has 1 aromatic rings. The Morgan fingerprint density at radius 1 is 1.40 bits per heavy atom. The summed E-state index contributed by atoms with van der Waals surface area (Å²) in [5.41, 5.74) is 6.48. The first kappa shape index (κ1) is 14.7. The first-order chi connectivity index (χ1) is 9.56. The molecule has 20 heavy (non-hydrogen) atoms. The number of nitrogens with two attached hydrogens (primary N) is 1. The third-order valence-electron chi connectivity index (χ3n) is 3.60. The lowest BCUT2D eigenvalue weighted by atomic mass is 9.99. The number of amides is 2. The minimum atomic E-state index is -0.431. The molecule has 0 spiro atoms. The van der Waals surface area contributed by atoms with Crippen LogP contribution in [0.15, 0.2) is 18.2 Å². The Kier molecular flexibility index (Phi) is 4.49. The van der Waals surface area contributed by atoms with Gasteiger partial charge in [0.1, 0.15) is 6.04 Å². The van der Waals surface area contributed by atoms with Crippen molar-refractivity contribution in [2.45, 2.75) is 25.3 Å². The molecular formula is C14H18ClN3O2. The average molecular weight is 296 g/mol. The number of likely N-dealkylation sites (N-methyl/N-ethyl adjacent to an activating group) is 1. The number of para-hydroxylation sites is 1. The van der Waals surface area contributed by atoms with E-state index in [-0.39, 0.29) is 17.5 Å². The van der Waals surface area contributed by atoms with Crippen LogP contribution in [0.5, 0.6) is 0 Å². The van der Waals surface area contributed by atoms with E-state index in [1.165, 1.54) is 0 Å². The zero-order valence-electron chi connectivity index (χ0n) is 11.4. The van der Waals surface area contributed by atoms with Gasteiger partial charge in [0.2, 0.25) is 5.91 Å². The summed E-state index contributed by atoms with van der Waals surface area (Å²) in [6.45, 7) is 0.558. The SMILES string of the molecule is CNC(=O)C1CCCCN1C(=O)c1cccc(Cl)c1N. The normalized spacial score (nSPS) is 18.7. The summed E-state index contributed by atoms with van der Waals surface area (Å²) < 4.78 is 0. The highest BCUT2D eigenvalue weighted by Gasteiger charge is 2.32. The number of benzene rings is 1. The molecule has 1 unspecified atom stereocenters. The van der Waals surface area contributed by atoms with Gasteiger partial charge in [-0.15, -0.1) is 0 Å². The van der Waals surface area contributed by atoms with Gasteiger partial charge in [0, 0.05) is 13.6 Å². The highest BCUT2D eigenvalue weighted by Crippen LogP contribution is 2.26. The standard InChI is InChI=1S/C14H18ClN3O2/c1-17-13(19)11-7-2-3-8-18(11)14(20)9-5-4-6-10(15)12(9)16/h4-6,11H,2-3,7-8,16H2,1H3,(H,17,19). The predicted octanol–water partition coefficient (Wildman–Crippen LogP) is 1.66. The van der Waals surface area contributed by atoms with Crippen LogP contribution in [0.25, 0.3) is 0 Å². The smallest absolute Gasteiger partial charge is 0.256 e. The van der Waals surface area contributed by atoms with Gasteiger partial charge in [0.15, 0.2) is 0 Å². The molecule has 6 heteroatoms. The Morgan fingerprint density at radius 3 is 2.85 bits per heavy atom. The number of nitrogens with one attached hydrogen (secondary N) is 1. The fraction of sp³-hybridized carbons (Fsp3) is 0.429. The fourth-order valence-corrected chi connectivity index (χ4v) is 2.67. The Morgan fingerprint density at radius 2 is 2.15 bits per heavy atom. The van der Waals surface area contributed by atoms with Crippen molar-refractivity contribution < 1.29 is 9.59 Å². The highest BCUT2D eigenvalue weighted by molar-refractivity contribution is 6.34. The first-order valence-electron chi connectivity index (χ1n) is 6.62. The van der Waals surface area contributed by atoms with Crippen LogP contribution in [-0.2, 0) is 4.79 Å². The van der Waals surface area contributed by atoms with Crippen LogP contribution in [0.3, 0.4) is 0 Å². The molecule has 5 nitrogen and oxygen atoms in total. The number of carbonyl (C=O) groups is 2. The molecule has 108 valence electrons. The van der Waals surface area contributed by atoms with Crippen LogP contribution < -0.4 is 11.1 Å². The van der Waals surface area contributed by atoms with Gasteiger partial charge in [-0.2, -0.15) is 0 Å². The van der Waals surface area contributed by atoms with Crippen LogP contribution in [0.4, 0.5) is 5.69 Å². The highest BCUT2D eigenvalue weighted by atomic mass is 35.5. The monoisotopic (exact) mass is 295 g/mol. The predicted molar refractivity (Wildman–Crippen MR) is 78.6 cm³/mol. The number of hydrogen-bond donors (Lipinski definition) is 2. The van der Waals surface area contributed by atoms with E-state index in [4.69, 9.17) is 17.3 Å². The van der Waals surface area contributed by atoms with Gasteiger partial charge in [-0.25, -0.2) is 0 Å². The lowest BCUT2D eigenvalue weighted by Gasteiger charge is -2.34. The molecule has 0 aromatic heterocycles. The number of nitrogen functional groups attached to an aromatic ring is 1. The summed E-state index contributed by atoms with van der Waals surface area (Å²) in [6.07, 6.45) is 2.50. The number of piperidine rings is 1. The number of halogens is 1. The Bertz CT molecular complexity index is 533. The van der Waals surface area contributed by atoms with Crippen molar-refractivity contribution in [1.29, 1.82) is 0 Å². The maximum atomic E-state index is 12.6. The summed E-state index contributed by atoms with van der Waals surface area (Å²) in [5, 5.41) is 2.96. The quantitative estimate of drug-likeness (QED) is 0.815. The number of anilines is 1. The summed E-state index contributed by atoms with van der Waals surface area (Å²) >= 11 is 5.95. The fourth-order valence-electron chi connectivity index (χ4n) is 2.49. The maximum absolute atomic E-state index is 12.6. The van der Waals surface area contributed by atoms with E-state index in [1.807, 2.05) is 0 Å². The average Bonchev–Trinajstić information content (AvgIpc) is 2.48. The van der Waals surface area contributed by atoms with Gasteiger partial charge in [0.25, 0.3) is 5.91 Å². The molecular weight excluding hydrogens is 278 g/mol. The maximum Gasteiger partial charge on any atom is 0.256 e. The van der Waals surface area contributed by atoms with Gasteiger partial charge in [-0.05, 0) is 31.4 Å². The number of rotatable bonds is 2. The van der Waals surface area contributed by atoms with Crippen molar-refractivity contribution in [3.05, 3.63) is 28.8 Å². The second-order valence-electron chi connectivity index (χ2n) is 4.83. The van der Waals surface area contributed by atoms with Crippen molar-refractivity contribution in [3.8, 4) is 0 Å². The Balaban J connectivity index is 2.30. The van der Waals surface area contributed by atoms with E-state index < -0.39 is 6.04 Å². The van der Waals surface area contributed by atoms with Gasteiger partial charge >= 0.3 is 0 Å². The van der Waals surface area contributed by atoms with Crippen LogP contribution in [0, 0.1) is 0 Å². The molecule has 1 aliphatic rings. The first-order valence-corrected chi connectivity index (χ1v) is 7.00. The third kappa shape index (κ3) is 2.72. The van der Waals surface area contributed by atoms with Gasteiger partial charge in [-0.1, -0.05) is 17.7 Å². The molecule has 1 atom stereocenters. The summed E-state index contributed by atoms with van der Waals surface area (Å²) in [6, 6.07) is 4.53. The zero-order valence-corrected chi connectivity index (χ0v) is 12.1. The number of likely N-dealkylation sites (tertiary alicyclic amines) is 1. The van der Waals surface area contributed by atoms with Crippen molar-refractivity contribution in [2.75, 3.05) is 19.3 Å². The molecule has 0 bridgehead atoms. The van der Waals surface area contributed by atoms with Crippen LogP contribution >= 0.6 is 11.6 Å². The molecule has 1 aliphatic heterocycles. The Hall–Kier alpha value is -1.75. The molecule has 2 amide bonds. The minimum Gasteiger partial charge on any atom is -0.397 e. The topological polar surface area (TPSA) is 75.4 Å². The third-order valence-corrected chi connectivity index (χ3v) is 3.93. The summed E-state index contributed by atoms with van der Waals surface area (Å²) in [5.74, 6) is -0.378. The van der Waals surface area contributed by atoms with Gasteiger partial charge in [0.05, 0.1) is 16.3 Å². The molecule has 0 aliphatic carbocycles. The lowest BCUT2D eigenvalue weighted by Crippen LogP contribution is -2.51. The molecule has 2 rings (SSSR count). The zero-order chi connectivity index (χ0) is 14.7. The molecule has 1 aromatic carbocycles. The lowest BCUT2D eigenvalue weighted by molar-refractivity contribution is -0.126. The minimum absolute atomic E-state index is 0.140. The van der Waals surface area contributed by atoms with Crippen molar-refractivity contribution >= 4 is 29.1 Å². The van der Waals surface area contributed by atoms with E-state index in [0.717, 1.165) is 12.8 Å². The van der Waals surface area contributed by atoms with Crippen molar-refractivity contribution in [2.24, 2.45) is 0 Å². The summed E-state index contributed by atoms with van der Waals surface area (Å²) in [7, 11) is 1.58. The number of carbonyl (C=O) groups excluding carboxylic acids is 2. The van der Waals surface area contributed by atoms with E-state index in [0.29, 0.717) is 23.6 Å². The van der Waals surface area contributed by atoms with E-state index >= 15 is 0 Å². The van der Waals surface area contributed by atoms with E-state index in [2.05, 4.69) is 5.32 Å². The van der Waals surface area contributed by atoms with Gasteiger partial charge in [-0.3, -0.25) is 9.59 Å². The number of nitrogens with zero attached hydrogens (tertiary/aromatic N) is 1. The number of hydrogen-bond acceptors (Lipinski definition) is 3. The van der Waals surface area contributed by atoms with E-state index in [9.17, 15) is 9.59 Å². The second kappa shape index (κ2) is 6.13. The second-order valence-corrected chi connectivity index (χ2v) is 5.23. The summed E-state index contributed by atoms with van der Waals surface area (Å²) in [4.78, 5) is 26.1. The van der Waals surface area contributed by atoms with E-state index in [1.54, 1.807) is 30.1 Å². The van der Waals surface area contributed by atoms with Crippen molar-refractivity contribution in [3.63, 3.8) is 0 Å². The Labute approximate surface area is 123 Å². The molecule has 1 fully saturated rings. The molecule has 0 radical (unpaired) electrons. The van der Waals surface area contributed by atoms with Crippen LogP contribution in [0.1, 0.15) is 29.6 Å².